The average Bonchev–Trinajstić information content (AvgIpc) is 3.57. The van der Waals surface area contributed by atoms with E-state index in [1.54, 1.807) is 57.4 Å². The molecule has 2 heterocycles. The number of carbonyl (C=O) groups excluding carboxylic acids is 2. The van der Waals surface area contributed by atoms with Gasteiger partial charge in [-0.1, -0.05) is 46.9 Å². The van der Waals surface area contributed by atoms with E-state index in [1.165, 1.54) is 23.0 Å². The number of ether oxygens (including phenoxy) is 1. The van der Waals surface area contributed by atoms with Crippen molar-refractivity contribution >= 4 is 57.7 Å². The average molecular weight is 627 g/mol. The van der Waals surface area contributed by atoms with Gasteiger partial charge < -0.3 is 19.9 Å². The zero-order chi connectivity index (χ0) is 30.1. The lowest BCUT2D eigenvalue weighted by atomic mass is 9.96. The van der Waals surface area contributed by atoms with Gasteiger partial charge in [-0.2, -0.15) is 5.10 Å². The van der Waals surface area contributed by atoms with E-state index in [-0.39, 0.29) is 28.1 Å². The fourth-order valence-electron chi connectivity index (χ4n) is 4.50. The van der Waals surface area contributed by atoms with Crippen LogP contribution >= 0.6 is 34.8 Å². The fourth-order valence-corrected chi connectivity index (χ4v) is 5.39. The van der Waals surface area contributed by atoms with E-state index in [9.17, 15) is 9.59 Å². The molecule has 42 heavy (non-hydrogen) atoms. The summed E-state index contributed by atoms with van der Waals surface area (Å²) in [6.45, 7) is 1.90. The predicted octanol–water partition coefficient (Wildman–Crippen LogP) is 5.68. The third kappa shape index (κ3) is 5.92. The summed E-state index contributed by atoms with van der Waals surface area (Å²) in [5.41, 5.74) is 3.41. The number of aryl methyl sites for hydroxylation is 1. The van der Waals surface area contributed by atoms with Crippen LogP contribution in [0, 0.1) is 6.92 Å². The van der Waals surface area contributed by atoms with E-state index in [0.29, 0.717) is 44.7 Å². The molecule has 0 bridgehead atoms. The second kappa shape index (κ2) is 12.0. The molecule has 0 aliphatic rings. The number of carbonyl (C=O) groups is 2. The number of hydrogen-bond donors (Lipinski definition) is 2. The molecule has 0 fully saturated rings. The van der Waals surface area contributed by atoms with Gasteiger partial charge in [-0.15, -0.1) is 0 Å². The van der Waals surface area contributed by atoms with Gasteiger partial charge in [-0.3, -0.25) is 9.59 Å². The van der Waals surface area contributed by atoms with Crippen LogP contribution in [-0.2, 0) is 0 Å². The molecule has 2 N–H and O–H groups in total. The molecule has 0 saturated carbocycles. The fraction of sp³-hybridized carbons (Fsp3) is 0.207. The van der Waals surface area contributed by atoms with E-state index in [2.05, 4.69) is 20.4 Å². The van der Waals surface area contributed by atoms with Crippen molar-refractivity contribution in [1.82, 2.24) is 34.9 Å². The lowest BCUT2D eigenvalue weighted by Crippen LogP contribution is -2.30. The van der Waals surface area contributed by atoms with E-state index in [4.69, 9.17) is 44.5 Å². The first-order chi connectivity index (χ1) is 20.0. The van der Waals surface area contributed by atoms with Crippen molar-refractivity contribution in [2.24, 2.45) is 0 Å². The molecule has 10 nitrogen and oxygen atoms in total. The molecule has 0 aliphatic carbocycles. The van der Waals surface area contributed by atoms with E-state index < -0.39 is 11.8 Å². The number of nitrogens with one attached hydrogen (secondary N) is 2. The lowest BCUT2D eigenvalue weighted by molar-refractivity contribution is 0.0827. The zero-order valence-corrected chi connectivity index (χ0v) is 25.3. The second-order valence-corrected chi connectivity index (χ2v) is 11.0. The summed E-state index contributed by atoms with van der Waals surface area (Å²) in [5.74, 6) is 0.648. The molecule has 5 aromatic rings. The number of halogens is 3. The van der Waals surface area contributed by atoms with Gasteiger partial charge in [0.1, 0.15) is 23.7 Å². The van der Waals surface area contributed by atoms with Crippen LogP contribution in [0.1, 0.15) is 43.8 Å². The molecule has 0 spiro atoms. The Kier molecular flexibility index (Phi) is 8.40. The summed E-state index contributed by atoms with van der Waals surface area (Å²) in [6, 6.07) is 13.8. The minimum Gasteiger partial charge on any atom is -0.495 e. The van der Waals surface area contributed by atoms with Crippen LogP contribution in [0.4, 0.5) is 0 Å². The number of benzene rings is 3. The summed E-state index contributed by atoms with van der Waals surface area (Å²) in [4.78, 5) is 39.5. The molecule has 1 atom stereocenters. The number of aromatic amines is 1. The Morgan fingerprint density at radius 2 is 1.74 bits per heavy atom. The number of imidazole rings is 1. The number of nitrogens with zero attached hydrogens (tertiary/aromatic N) is 5. The van der Waals surface area contributed by atoms with Crippen LogP contribution < -0.4 is 10.1 Å². The van der Waals surface area contributed by atoms with Gasteiger partial charge >= 0.3 is 0 Å². The summed E-state index contributed by atoms with van der Waals surface area (Å²) in [5, 5.41) is 7.97. The van der Waals surface area contributed by atoms with Crippen molar-refractivity contribution < 1.29 is 14.3 Å². The number of hydrogen-bond acceptors (Lipinski definition) is 6. The van der Waals surface area contributed by atoms with Crippen LogP contribution in [0.2, 0.25) is 15.1 Å². The Hall–Kier alpha value is -4.12. The normalized spacial score (nSPS) is 11.9. The number of aromatic nitrogens is 5. The standard InChI is InChI=1S/C29H26Cl3N7O3/c1-15-34-14-39(37-15)18-9-21(31)26(22(32)10-18)28(40)33-13-19(16-5-7-17(8-6-16)29(41)38(2)3)27-35-23-11-20(30)25(42-4)12-24(23)36-27/h5-12,14,19H,13H2,1-4H3,(H,33,40)(H,35,36). The van der Waals surface area contributed by atoms with Crippen LogP contribution in [-0.4, -0.2) is 69.2 Å². The Morgan fingerprint density at radius 3 is 2.33 bits per heavy atom. The Balaban J connectivity index is 1.46. The van der Waals surface area contributed by atoms with Gasteiger partial charge in [-0.05, 0) is 42.8 Å². The van der Waals surface area contributed by atoms with Crippen molar-refractivity contribution in [1.29, 1.82) is 0 Å². The van der Waals surface area contributed by atoms with Gasteiger partial charge in [0.25, 0.3) is 11.8 Å². The minimum atomic E-state index is -0.462. The largest absolute Gasteiger partial charge is 0.495 e. The molecule has 0 saturated heterocycles. The van der Waals surface area contributed by atoms with Crippen molar-refractivity contribution in [2.75, 3.05) is 27.7 Å². The summed E-state index contributed by atoms with van der Waals surface area (Å²) in [7, 11) is 4.92. The number of methoxy groups -OCH3 is 1. The molecule has 216 valence electrons. The summed E-state index contributed by atoms with van der Waals surface area (Å²) >= 11 is 19.4. The van der Waals surface area contributed by atoms with Crippen molar-refractivity contribution in [3.63, 3.8) is 0 Å². The van der Waals surface area contributed by atoms with Gasteiger partial charge in [0, 0.05) is 32.3 Å². The molecular weight excluding hydrogens is 601 g/mol. The first-order valence-electron chi connectivity index (χ1n) is 12.8. The Morgan fingerprint density at radius 1 is 1.05 bits per heavy atom. The molecule has 0 aliphatic heterocycles. The van der Waals surface area contributed by atoms with Crippen LogP contribution in [0.5, 0.6) is 5.75 Å². The number of amides is 2. The molecular formula is C29H26Cl3N7O3. The highest BCUT2D eigenvalue weighted by atomic mass is 35.5. The zero-order valence-electron chi connectivity index (χ0n) is 23.1. The van der Waals surface area contributed by atoms with Crippen LogP contribution in [0.15, 0.2) is 54.9 Å². The minimum absolute atomic E-state index is 0.120. The third-order valence-corrected chi connectivity index (χ3v) is 7.55. The SMILES string of the molecule is COc1cc2nc(C(CNC(=O)c3c(Cl)cc(-n4cnc(C)n4)cc3Cl)c3ccc(C(=O)N(C)C)cc3)[nH]c2cc1Cl. The lowest BCUT2D eigenvalue weighted by Gasteiger charge is -2.18. The Labute approximate surface area is 256 Å². The summed E-state index contributed by atoms with van der Waals surface area (Å²) in [6.07, 6.45) is 1.54. The van der Waals surface area contributed by atoms with Gasteiger partial charge in [0.2, 0.25) is 0 Å². The van der Waals surface area contributed by atoms with E-state index in [1.807, 2.05) is 12.1 Å². The maximum atomic E-state index is 13.4. The molecule has 3 aromatic carbocycles. The van der Waals surface area contributed by atoms with Crippen LogP contribution in [0.3, 0.4) is 0 Å². The molecule has 5 rings (SSSR count). The molecule has 2 aromatic heterocycles. The van der Waals surface area contributed by atoms with Crippen LogP contribution in [0.25, 0.3) is 16.7 Å². The third-order valence-electron chi connectivity index (χ3n) is 6.66. The molecule has 0 radical (unpaired) electrons. The maximum absolute atomic E-state index is 13.4. The predicted molar refractivity (Wildman–Crippen MR) is 162 cm³/mol. The quantitative estimate of drug-likeness (QED) is 0.229. The summed E-state index contributed by atoms with van der Waals surface area (Å²) < 4.78 is 6.86. The number of rotatable bonds is 8. The van der Waals surface area contributed by atoms with Gasteiger partial charge in [0.05, 0.1) is 50.4 Å². The van der Waals surface area contributed by atoms with Crippen molar-refractivity contribution in [3.05, 3.63) is 98.3 Å². The maximum Gasteiger partial charge on any atom is 0.254 e. The van der Waals surface area contributed by atoms with Crippen molar-refractivity contribution in [2.45, 2.75) is 12.8 Å². The second-order valence-electron chi connectivity index (χ2n) is 9.73. The number of H-pyrrole nitrogens is 1. The highest BCUT2D eigenvalue weighted by Gasteiger charge is 2.23. The monoisotopic (exact) mass is 625 g/mol. The first kappa shape index (κ1) is 29.4. The molecule has 1 unspecified atom stereocenters. The Bertz CT molecular complexity index is 1780. The van der Waals surface area contributed by atoms with E-state index in [0.717, 1.165) is 5.56 Å². The number of fused-ring (bicyclic) bond motifs is 1. The topological polar surface area (TPSA) is 118 Å². The molecule has 2 amide bonds. The van der Waals surface area contributed by atoms with Gasteiger partial charge in [-0.25, -0.2) is 14.6 Å². The van der Waals surface area contributed by atoms with Gasteiger partial charge in [0.15, 0.2) is 0 Å². The highest BCUT2D eigenvalue weighted by molar-refractivity contribution is 6.40. The smallest absolute Gasteiger partial charge is 0.254 e. The van der Waals surface area contributed by atoms with E-state index >= 15 is 0 Å². The first-order valence-corrected chi connectivity index (χ1v) is 13.9. The molecule has 13 heteroatoms. The highest BCUT2D eigenvalue weighted by Crippen LogP contribution is 2.32. The van der Waals surface area contributed by atoms with Crippen molar-refractivity contribution in [3.8, 4) is 11.4 Å².